The molecule has 0 aliphatic heterocycles. The summed E-state index contributed by atoms with van der Waals surface area (Å²) < 4.78 is 45.2. The first-order chi connectivity index (χ1) is 9.81. The molecule has 0 aliphatic rings. The van der Waals surface area contributed by atoms with Gasteiger partial charge in [-0.25, -0.2) is 0 Å². The van der Waals surface area contributed by atoms with Crippen LogP contribution in [0.4, 0.5) is 13.2 Å². The Labute approximate surface area is 119 Å². The van der Waals surface area contributed by atoms with Gasteiger partial charge in [0.15, 0.2) is 0 Å². The number of esters is 1. The van der Waals surface area contributed by atoms with Crippen LogP contribution >= 0.6 is 0 Å². The highest BCUT2D eigenvalue weighted by molar-refractivity contribution is 5.85. The standard InChI is InChI=1S/C14H15F3O4/c1-2-20-13(19)8-7-11(18)9-10-5-3-4-6-12(10)21-14(15,16)17/h3-6H,2,7-9H2,1H3. The fourth-order valence-electron chi connectivity index (χ4n) is 1.65. The minimum Gasteiger partial charge on any atom is -0.466 e. The van der Waals surface area contributed by atoms with Gasteiger partial charge >= 0.3 is 12.3 Å². The lowest BCUT2D eigenvalue weighted by atomic mass is 10.0. The number of benzene rings is 1. The Balaban J connectivity index is 2.62. The molecule has 7 heteroatoms. The summed E-state index contributed by atoms with van der Waals surface area (Å²) in [5.41, 5.74) is 0.128. The number of hydrogen-bond donors (Lipinski definition) is 0. The Hall–Kier alpha value is -2.05. The van der Waals surface area contributed by atoms with Gasteiger partial charge in [-0.05, 0) is 13.0 Å². The molecule has 0 saturated heterocycles. The smallest absolute Gasteiger partial charge is 0.466 e. The maximum Gasteiger partial charge on any atom is 0.573 e. The molecule has 0 aromatic heterocycles. The minimum absolute atomic E-state index is 0.0841. The summed E-state index contributed by atoms with van der Waals surface area (Å²) in [7, 11) is 0. The van der Waals surface area contributed by atoms with Gasteiger partial charge in [0.05, 0.1) is 13.0 Å². The Bertz CT molecular complexity index is 497. The van der Waals surface area contributed by atoms with E-state index in [1.54, 1.807) is 6.92 Å². The van der Waals surface area contributed by atoms with Crippen molar-refractivity contribution in [2.75, 3.05) is 6.61 Å². The summed E-state index contributed by atoms with van der Waals surface area (Å²) in [6.07, 6.45) is -5.22. The topological polar surface area (TPSA) is 52.6 Å². The molecule has 0 bridgehead atoms. The zero-order chi connectivity index (χ0) is 15.9. The van der Waals surface area contributed by atoms with E-state index in [0.29, 0.717) is 0 Å². The summed E-state index contributed by atoms with van der Waals surface area (Å²) in [6, 6.07) is 5.41. The molecule has 4 nitrogen and oxygen atoms in total. The van der Waals surface area contributed by atoms with Crippen LogP contribution in [-0.2, 0) is 20.7 Å². The number of carbonyl (C=O) groups excluding carboxylic acids is 2. The summed E-state index contributed by atoms with van der Waals surface area (Å²) in [6.45, 7) is 1.86. The molecule has 0 N–H and O–H groups in total. The Morgan fingerprint density at radius 2 is 1.81 bits per heavy atom. The molecule has 1 aromatic rings. The maximum atomic E-state index is 12.2. The van der Waals surface area contributed by atoms with Gasteiger partial charge in [-0.15, -0.1) is 13.2 Å². The number of alkyl halides is 3. The van der Waals surface area contributed by atoms with Crippen LogP contribution in [0.15, 0.2) is 24.3 Å². The highest BCUT2D eigenvalue weighted by Crippen LogP contribution is 2.26. The van der Waals surface area contributed by atoms with Gasteiger partial charge in [0.25, 0.3) is 0 Å². The largest absolute Gasteiger partial charge is 0.573 e. The van der Waals surface area contributed by atoms with Crippen LogP contribution in [0.5, 0.6) is 5.75 Å². The number of carbonyl (C=O) groups is 2. The van der Waals surface area contributed by atoms with Crippen molar-refractivity contribution in [2.24, 2.45) is 0 Å². The number of halogens is 3. The third kappa shape index (κ3) is 6.78. The Morgan fingerprint density at radius 3 is 2.43 bits per heavy atom. The molecule has 0 heterocycles. The third-order valence-electron chi connectivity index (χ3n) is 2.50. The number of para-hydroxylation sites is 1. The van der Waals surface area contributed by atoms with Crippen LogP contribution in [0.3, 0.4) is 0 Å². The second-order valence-electron chi connectivity index (χ2n) is 4.18. The number of hydrogen-bond acceptors (Lipinski definition) is 4. The highest BCUT2D eigenvalue weighted by atomic mass is 19.4. The number of Topliss-reactive ketones (excluding diaryl/α,β-unsaturated/α-hetero) is 1. The predicted octanol–water partition coefficient (Wildman–Crippen LogP) is 3.04. The highest BCUT2D eigenvalue weighted by Gasteiger charge is 2.32. The van der Waals surface area contributed by atoms with Gasteiger partial charge in [-0.2, -0.15) is 0 Å². The van der Waals surface area contributed by atoms with E-state index >= 15 is 0 Å². The first kappa shape index (κ1) is 17.0. The van der Waals surface area contributed by atoms with Crippen LogP contribution in [-0.4, -0.2) is 24.7 Å². The lowest BCUT2D eigenvalue weighted by molar-refractivity contribution is -0.274. The summed E-state index contributed by atoms with van der Waals surface area (Å²) >= 11 is 0. The van der Waals surface area contributed by atoms with E-state index in [9.17, 15) is 22.8 Å². The Kier molecular flexibility index (Phi) is 6.20. The summed E-state index contributed by atoms with van der Waals surface area (Å²) in [4.78, 5) is 22.8. The monoisotopic (exact) mass is 304 g/mol. The van der Waals surface area contributed by atoms with Crippen LogP contribution in [0.25, 0.3) is 0 Å². The van der Waals surface area contributed by atoms with Crippen molar-refractivity contribution in [3.05, 3.63) is 29.8 Å². The van der Waals surface area contributed by atoms with Crippen molar-refractivity contribution < 1.29 is 32.2 Å². The molecule has 0 spiro atoms. The van der Waals surface area contributed by atoms with E-state index in [4.69, 9.17) is 0 Å². The minimum atomic E-state index is -4.82. The summed E-state index contributed by atoms with van der Waals surface area (Å²) in [5, 5.41) is 0. The van der Waals surface area contributed by atoms with Gasteiger partial charge < -0.3 is 9.47 Å². The number of ketones is 1. The molecule has 1 aromatic carbocycles. The van der Waals surface area contributed by atoms with Crippen molar-refractivity contribution in [3.8, 4) is 5.75 Å². The van der Waals surface area contributed by atoms with Crippen molar-refractivity contribution >= 4 is 11.8 Å². The van der Waals surface area contributed by atoms with Crippen molar-refractivity contribution in [1.29, 1.82) is 0 Å². The Morgan fingerprint density at radius 1 is 1.14 bits per heavy atom. The van der Waals surface area contributed by atoms with E-state index < -0.39 is 18.1 Å². The van der Waals surface area contributed by atoms with Crippen LogP contribution < -0.4 is 4.74 Å². The lowest BCUT2D eigenvalue weighted by Gasteiger charge is -2.12. The maximum absolute atomic E-state index is 12.2. The van der Waals surface area contributed by atoms with Gasteiger partial charge in [0.1, 0.15) is 11.5 Å². The molecule has 0 atom stereocenters. The average Bonchev–Trinajstić information content (AvgIpc) is 2.37. The first-order valence-corrected chi connectivity index (χ1v) is 6.32. The number of ether oxygens (including phenoxy) is 2. The zero-order valence-corrected chi connectivity index (χ0v) is 11.4. The lowest BCUT2D eigenvalue weighted by Crippen LogP contribution is -2.18. The molecule has 0 amide bonds. The third-order valence-corrected chi connectivity index (χ3v) is 2.50. The first-order valence-electron chi connectivity index (χ1n) is 6.32. The molecule has 116 valence electrons. The SMILES string of the molecule is CCOC(=O)CCC(=O)Cc1ccccc1OC(F)(F)F. The molecule has 21 heavy (non-hydrogen) atoms. The quantitative estimate of drug-likeness (QED) is 0.727. The van der Waals surface area contributed by atoms with Crippen LogP contribution in [0.2, 0.25) is 0 Å². The molecule has 0 saturated carbocycles. The van der Waals surface area contributed by atoms with Crippen molar-refractivity contribution in [3.63, 3.8) is 0 Å². The zero-order valence-electron chi connectivity index (χ0n) is 11.4. The van der Waals surface area contributed by atoms with E-state index in [-0.39, 0.29) is 37.2 Å². The molecule has 0 aliphatic carbocycles. The van der Waals surface area contributed by atoms with Gasteiger partial charge in [-0.3, -0.25) is 9.59 Å². The van der Waals surface area contributed by atoms with E-state index in [2.05, 4.69) is 9.47 Å². The van der Waals surface area contributed by atoms with Gasteiger partial charge in [-0.1, -0.05) is 18.2 Å². The molecule has 0 radical (unpaired) electrons. The average molecular weight is 304 g/mol. The van der Waals surface area contributed by atoms with E-state index in [1.807, 2.05) is 0 Å². The van der Waals surface area contributed by atoms with Crippen molar-refractivity contribution in [1.82, 2.24) is 0 Å². The summed E-state index contributed by atoms with van der Waals surface area (Å²) in [5.74, 6) is -1.28. The van der Waals surface area contributed by atoms with Gasteiger partial charge in [0, 0.05) is 18.4 Å². The van der Waals surface area contributed by atoms with E-state index in [0.717, 1.165) is 6.07 Å². The molecular formula is C14H15F3O4. The van der Waals surface area contributed by atoms with Crippen molar-refractivity contribution in [2.45, 2.75) is 32.5 Å². The van der Waals surface area contributed by atoms with Gasteiger partial charge in [0.2, 0.25) is 0 Å². The number of rotatable bonds is 7. The fraction of sp³-hybridized carbons (Fsp3) is 0.429. The second kappa shape index (κ2) is 7.66. The fourth-order valence-corrected chi connectivity index (χ4v) is 1.65. The molecule has 0 unspecified atom stereocenters. The molecule has 1 rings (SSSR count). The normalized spacial score (nSPS) is 11.0. The van der Waals surface area contributed by atoms with Crippen LogP contribution in [0.1, 0.15) is 25.3 Å². The van der Waals surface area contributed by atoms with E-state index in [1.165, 1.54) is 18.2 Å². The molecule has 0 fully saturated rings. The predicted molar refractivity (Wildman–Crippen MR) is 67.7 cm³/mol. The van der Waals surface area contributed by atoms with Crippen LogP contribution in [0, 0.1) is 0 Å². The molecular weight excluding hydrogens is 289 g/mol. The second-order valence-corrected chi connectivity index (χ2v) is 4.18.